The van der Waals surface area contributed by atoms with Crippen LogP contribution in [-0.2, 0) is 19.4 Å². The number of aryl methyl sites for hydroxylation is 1. The molecule has 0 atom stereocenters. The summed E-state index contributed by atoms with van der Waals surface area (Å²) in [4.78, 5) is 23.6. The molecule has 0 bridgehead atoms. The van der Waals surface area contributed by atoms with Crippen LogP contribution in [0.2, 0.25) is 10.0 Å². The van der Waals surface area contributed by atoms with Gasteiger partial charge in [-0.05, 0) is 30.7 Å². The van der Waals surface area contributed by atoms with Gasteiger partial charge in [-0.25, -0.2) is 13.2 Å². The number of anilines is 2. The minimum absolute atomic E-state index is 0.000694. The third-order valence-electron chi connectivity index (χ3n) is 3.92. The van der Waals surface area contributed by atoms with Crippen LogP contribution in [0.25, 0.3) is 0 Å². The second-order valence-electron chi connectivity index (χ2n) is 6.00. The molecule has 0 saturated heterocycles. The lowest BCUT2D eigenvalue weighted by molar-refractivity contribution is -0.115. The van der Waals surface area contributed by atoms with Gasteiger partial charge in [0.15, 0.2) is 9.84 Å². The highest BCUT2D eigenvalue weighted by atomic mass is 35.5. The number of benzene rings is 2. The van der Waals surface area contributed by atoms with Gasteiger partial charge in [0.1, 0.15) is 10.8 Å². The van der Waals surface area contributed by atoms with Gasteiger partial charge >= 0.3 is 5.97 Å². The molecule has 0 unspecified atom stereocenters. The summed E-state index contributed by atoms with van der Waals surface area (Å²) in [5.74, 6) is -1.76. The zero-order chi connectivity index (χ0) is 21.8. The maximum Gasteiger partial charge on any atom is 0.340 e. The number of hydrogen-bond acceptors (Lipinski definition) is 7. The summed E-state index contributed by atoms with van der Waals surface area (Å²) in [6, 6.07) is 7.54. The SMILES string of the molecule is COC(=O)c1cccc(NC(=O)CNCS(=O)(=O)c2c(Cl)ccc(C)c2Cl)c1N. The number of nitrogen functional groups attached to an aromatic ring is 1. The molecule has 0 aromatic heterocycles. The fraction of sp³-hybridized carbons (Fsp3) is 0.222. The third-order valence-corrected chi connectivity index (χ3v) is 6.57. The number of esters is 1. The van der Waals surface area contributed by atoms with Gasteiger partial charge in [0.25, 0.3) is 0 Å². The smallest absolute Gasteiger partial charge is 0.340 e. The normalized spacial score (nSPS) is 11.2. The molecule has 29 heavy (non-hydrogen) atoms. The standard InChI is InChI=1S/C18H19Cl2N3O5S/c1-10-6-7-12(19)17(15(10)20)29(26,27)9-22-8-14(24)23-13-5-3-4-11(16(13)21)18(25)28-2/h3-7,22H,8-9,21H2,1-2H3,(H,23,24). The zero-order valence-corrected chi connectivity index (χ0v) is 17.9. The first-order valence-corrected chi connectivity index (χ1v) is 10.6. The van der Waals surface area contributed by atoms with Gasteiger partial charge in [-0.15, -0.1) is 0 Å². The van der Waals surface area contributed by atoms with Gasteiger partial charge in [-0.1, -0.05) is 35.3 Å². The average molecular weight is 460 g/mol. The van der Waals surface area contributed by atoms with Gasteiger partial charge in [-0.2, -0.15) is 0 Å². The van der Waals surface area contributed by atoms with E-state index in [1.165, 1.54) is 31.4 Å². The van der Waals surface area contributed by atoms with E-state index < -0.39 is 27.6 Å². The Morgan fingerprint density at radius 1 is 1.17 bits per heavy atom. The number of amides is 1. The molecule has 4 N–H and O–H groups in total. The number of para-hydroxylation sites is 1. The summed E-state index contributed by atoms with van der Waals surface area (Å²) < 4.78 is 29.7. The van der Waals surface area contributed by atoms with Crippen LogP contribution >= 0.6 is 23.2 Å². The number of hydrogen-bond donors (Lipinski definition) is 3. The molecular formula is C18H19Cl2N3O5S. The molecule has 11 heteroatoms. The summed E-state index contributed by atoms with van der Waals surface area (Å²) >= 11 is 12.1. The van der Waals surface area contributed by atoms with E-state index in [4.69, 9.17) is 28.9 Å². The molecular weight excluding hydrogens is 441 g/mol. The fourth-order valence-electron chi connectivity index (χ4n) is 2.44. The third kappa shape index (κ3) is 5.39. The number of nitrogens with one attached hydrogen (secondary N) is 2. The van der Waals surface area contributed by atoms with E-state index in [9.17, 15) is 18.0 Å². The summed E-state index contributed by atoms with van der Waals surface area (Å²) in [5.41, 5.74) is 6.77. The zero-order valence-electron chi connectivity index (χ0n) is 15.6. The number of ether oxygens (including phenoxy) is 1. The second kappa shape index (κ2) is 9.45. The molecule has 0 heterocycles. The van der Waals surface area contributed by atoms with E-state index in [0.717, 1.165) is 0 Å². The van der Waals surface area contributed by atoms with Crippen molar-refractivity contribution in [2.45, 2.75) is 11.8 Å². The Balaban J connectivity index is 2.04. The highest BCUT2D eigenvalue weighted by molar-refractivity contribution is 7.91. The van der Waals surface area contributed by atoms with E-state index in [2.05, 4.69) is 15.4 Å². The van der Waals surface area contributed by atoms with E-state index in [0.29, 0.717) is 5.56 Å². The first kappa shape index (κ1) is 23.0. The van der Waals surface area contributed by atoms with Crippen LogP contribution < -0.4 is 16.4 Å². The van der Waals surface area contributed by atoms with Crippen LogP contribution in [0.4, 0.5) is 11.4 Å². The van der Waals surface area contributed by atoms with E-state index in [-0.39, 0.29) is 38.4 Å². The number of rotatable bonds is 7. The number of carbonyl (C=O) groups is 2. The predicted octanol–water partition coefficient (Wildman–Crippen LogP) is 2.63. The fourth-order valence-corrected chi connectivity index (χ4v) is 4.83. The first-order chi connectivity index (χ1) is 13.6. The number of nitrogens with two attached hydrogens (primary N) is 1. The largest absolute Gasteiger partial charge is 0.465 e. The Kier molecular flexibility index (Phi) is 7.48. The molecule has 2 rings (SSSR count). The Morgan fingerprint density at radius 2 is 1.86 bits per heavy atom. The van der Waals surface area contributed by atoms with Crippen molar-refractivity contribution in [3.63, 3.8) is 0 Å². The average Bonchev–Trinajstić information content (AvgIpc) is 2.65. The molecule has 0 spiro atoms. The Hall–Kier alpha value is -2.33. The predicted molar refractivity (Wildman–Crippen MR) is 112 cm³/mol. The molecule has 0 fully saturated rings. The van der Waals surface area contributed by atoms with Crippen molar-refractivity contribution in [3.05, 3.63) is 51.5 Å². The quantitative estimate of drug-likeness (QED) is 0.428. The molecule has 0 saturated carbocycles. The number of carbonyl (C=O) groups excluding carboxylic acids is 2. The molecule has 0 aliphatic rings. The lowest BCUT2D eigenvalue weighted by atomic mass is 10.1. The van der Waals surface area contributed by atoms with Crippen LogP contribution in [0.3, 0.4) is 0 Å². The van der Waals surface area contributed by atoms with Gasteiger partial charge in [0.05, 0.1) is 40.6 Å². The van der Waals surface area contributed by atoms with Crippen molar-refractivity contribution in [1.82, 2.24) is 5.32 Å². The number of methoxy groups -OCH3 is 1. The maximum atomic E-state index is 12.5. The minimum Gasteiger partial charge on any atom is -0.465 e. The van der Waals surface area contributed by atoms with Crippen LogP contribution in [-0.4, -0.2) is 39.8 Å². The summed E-state index contributed by atoms with van der Waals surface area (Å²) in [5, 5.41) is 5.08. The lowest BCUT2D eigenvalue weighted by Crippen LogP contribution is -2.32. The minimum atomic E-state index is -3.88. The van der Waals surface area contributed by atoms with Crippen LogP contribution in [0, 0.1) is 6.92 Å². The van der Waals surface area contributed by atoms with Gasteiger partial charge in [-0.3, -0.25) is 10.1 Å². The molecule has 0 aliphatic carbocycles. The number of halogens is 2. The molecule has 156 valence electrons. The summed E-state index contributed by atoms with van der Waals surface area (Å²) in [6.45, 7) is 1.33. The van der Waals surface area contributed by atoms with Crippen molar-refractivity contribution in [3.8, 4) is 0 Å². The lowest BCUT2D eigenvalue weighted by Gasteiger charge is -2.13. The topological polar surface area (TPSA) is 128 Å². The van der Waals surface area contributed by atoms with Crippen LogP contribution in [0.5, 0.6) is 0 Å². The van der Waals surface area contributed by atoms with E-state index >= 15 is 0 Å². The molecule has 2 aromatic carbocycles. The van der Waals surface area contributed by atoms with Crippen molar-refractivity contribution < 1.29 is 22.7 Å². The highest BCUT2D eigenvalue weighted by Crippen LogP contribution is 2.32. The Bertz CT molecular complexity index is 1060. The van der Waals surface area contributed by atoms with E-state index in [1.807, 2.05) is 0 Å². The van der Waals surface area contributed by atoms with Gasteiger partial charge < -0.3 is 15.8 Å². The van der Waals surface area contributed by atoms with Crippen LogP contribution in [0.15, 0.2) is 35.2 Å². The number of sulfone groups is 1. The van der Waals surface area contributed by atoms with Crippen molar-refractivity contribution >= 4 is 56.3 Å². The summed E-state index contributed by atoms with van der Waals surface area (Å²) in [7, 11) is -2.67. The molecule has 0 aliphatic heterocycles. The maximum absolute atomic E-state index is 12.5. The van der Waals surface area contributed by atoms with Crippen molar-refractivity contribution in [2.75, 3.05) is 30.6 Å². The van der Waals surface area contributed by atoms with E-state index in [1.54, 1.807) is 13.0 Å². The monoisotopic (exact) mass is 459 g/mol. The first-order valence-electron chi connectivity index (χ1n) is 8.23. The van der Waals surface area contributed by atoms with Crippen LogP contribution in [0.1, 0.15) is 15.9 Å². The molecule has 0 radical (unpaired) electrons. The highest BCUT2D eigenvalue weighted by Gasteiger charge is 2.23. The Labute approximate surface area is 178 Å². The second-order valence-corrected chi connectivity index (χ2v) is 8.71. The Morgan fingerprint density at radius 3 is 2.52 bits per heavy atom. The molecule has 2 aromatic rings. The molecule has 1 amide bonds. The molecule has 8 nitrogen and oxygen atoms in total. The van der Waals surface area contributed by atoms with Crippen molar-refractivity contribution in [2.24, 2.45) is 0 Å². The summed E-state index contributed by atoms with van der Waals surface area (Å²) in [6.07, 6.45) is 0. The van der Waals surface area contributed by atoms with Gasteiger partial charge in [0, 0.05) is 0 Å². The van der Waals surface area contributed by atoms with Gasteiger partial charge in [0.2, 0.25) is 5.91 Å². The van der Waals surface area contributed by atoms with Crippen molar-refractivity contribution in [1.29, 1.82) is 0 Å².